The van der Waals surface area contributed by atoms with Crippen molar-refractivity contribution in [1.29, 1.82) is 0 Å². The summed E-state index contributed by atoms with van der Waals surface area (Å²) in [5.41, 5.74) is 0.903. The maximum atomic E-state index is 12.1. The van der Waals surface area contributed by atoms with Crippen LogP contribution in [0.2, 0.25) is 0 Å². The molecule has 6 nitrogen and oxygen atoms in total. The Bertz CT molecular complexity index is 512. The molecule has 2 rings (SSSR count). The summed E-state index contributed by atoms with van der Waals surface area (Å²) in [5, 5.41) is 12.5. The maximum absolute atomic E-state index is 12.1. The van der Waals surface area contributed by atoms with Crippen molar-refractivity contribution < 1.29 is 19.4 Å². The molecule has 22 heavy (non-hydrogen) atoms. The van der Waals surface area contributed by atoms with Crippen molar-refractivity contribution in [3.05, 3.63) is 35.9 Å². The number of alkyl halides is 1. The molecule has 2 N–H and O–H groups in total. The van der Waals surface area contributed by atoms with Gasteiger partial charge >= 0.3 is 6.09 Å². The Hall–Kier alpha value is -1.79. The van der Waals surface area contributed by atoms with Gasteiger partial charge in [-0.05, 0) is 12.0 Å². The smallest absolute Gasteiger partial charge is 0.410 e. The average molecular weight is 327 g/mol. The molecule has 0 spiro atoms. The Balaban J connectivity index is 1.85. The molecule has 0 aromatic heterocycles. The normalized spacial score (nSPS) is 21.3. The molecule has 120 valence electrons. The molecule has 0 bridgehead atoms. The number of hydrogen-bond acceptors (Lipinski definition) is 4. The molecule has 1 aromatic rings. The van der Waals surface area contributed by atoms with Crippen LogP contribution >= 0.6 is 11.6 Å². The predicted octanol–water partition coefficient (Wildman–Crippen LogP) is 1.11. The minimum atomic E-state index is -0.689. The van der Waals surface area contributed by atoms with Gasteiger partial charge in [0, 0.05) is 13.1 Å². The summed E-state index contributed by atoms with van der Waals surface area (Å²) in [7, 11) is 0. The zero-order chi connectivity index (χ0) is 15.9. The van der Waals surface area contributed by atoms with Crippen LogP contribution in [0.5, 0.6) is 0 Å². The lowest BCUT2D eigenvalue weighted by molar-refractivity contribution is -0.120. The lowest BCUT2D eigenvalue weighted by Gasteiger charge is -2.35. The average Bonchev–Trinajstić information content (AvgIpc) is 2.55. The first-order chi connectivity index (χ1) is 10.6. The van der Waals surface area contributed by atoms with Crippen LogP contribution in [-0.2, 0) is 16.1 Å². The van der Waals surface area contributed by atoms with E-state index in [0.29, 0.717) is 13.0 Å². The first-order valence-electron chi connectivity index (χ1n) is 7.09. The van der Waals surface area contributed by atoms with E-state index in [1.807, 2.05) is 30.3 Å². The van der Waals surface area contributed by atoms with Crippen molar-refractivity contribution >= 4 is 23.6 Å². The quantitative estimate of drug-likeness (QED) is 0.813. The van der Waals surface area contributed by atoms with Crippen molar-refractivity contribution in [2.75, 3.05) is 19.0 Å². The monoisotopic (exact) mass is 326 g/mol. The molecule has 1 aliphatic rings. The summed E-state index contributed by atoms with van der Waals surface area (Å²) >= 11 is 5.44. The highest BCUT2D eigenvalue weighted by Gasteiger charge is 2.31. The number of likely N-dealkylation sites (tertiary alicyclic amines) is 1. The van der Waals surface area contributed by atoms with Crippen LogP contribution in [0.1, 0.15) is 12.0 Å². The summed E-state index contributed by atoms with van der Waals surface area (Å²) in [5.74, 6) is -0.549. The summed E-state index contributed by atoms with van der Waals surface area (Å²) in [6.45, 7) is 0.789. The summed E-state index contributed by atoms with van der Waals surface area (Å²) in [6, 6.07) is 8.86. The van der Waals surface area contributed by atoms with Gasteiger partial charge in [-0.15, -0.1) is 11.6 Å². The van der Waals surface area contributed by atoms with Crippen molar-refractivity contribution in [2.24, 2.45) is 0 Å². The van der Waals surface area contributed by atoms with E-state index in [9.17, 15) is 14.7 Å². The third kappa shape index (κ3) is 4.61. The topological polar surface area (TPSA) is 78.9 Å². The second kappa shape index (κ2) is 8.00. The fourth-order valence-corrected chi connectivity index (χ4v) is 2.38. The number of aliphatic hydroxyl groups excluding tert-OH is 1. The minimum absolute atomic E-state index is 0.179. The van der Waals surface area contributed by atoms with Crippen molar-refractivity contribution in [3.8, 4) is 0 Å². The van der Waals surface area contributed by atoms with Gasteiger partial charge in [-0.3, -0.25) is 4.79 Å². The number of benzene rings is 1. The number of hydrogen-bond donors (Lipinski definition) is 2. The van der Waals surface area contributed by atoms with E-state index < -0.39 is 18.2 Å². The largest absolute Gasteiger partial charge is 0.445 e. The Morgan fingerprint density at radius 1 is 1.36 bits per heavy atom. The molecule has 2 unspecified atom stereocenters. The van der Waals surface area contributed by atoms with E-state index in [4.69, 9.17) is 16.3 Å². The third-order valence-corrected chi connectivity index (χ3v) is 3.75. The van der Waals surface area contributed by atoms with Gasteiger partial charge < -0.3 is 20.1 Å². The first-order valence-corrected chi connectivity index (χ1v) is 7.62. The van der Waals surface area contributed by atoms with Gasteiger partial charge in [-0.1, -0.05) is 30.3 Å². The fourth-order valence-electron chi connectivity index (χ4n) is 2.30. The second-order valence-electron chi connectivity index (χ2n) is 5.15. The molecule has 0 saturated carbocycles. The zero-order valence-corrected chi connectivity index (χ0v) is 12.8. The van der Waals surface area contributed by atoms with E-state index in [1.54, 1.807) is 0 Å². The molecule has 1 aromatic carbocycles. The SMILES string of the molecule is O=C(CCl)NC1CN(C(=O)OCc2ccccc2)CCC1O. The van der Waals surface area contributed by atoms with Crippen LogP contribution < -0.4 is 5.32 Å². The van der Waals surface area contributed by atoms with Crippen LogP contribution in [0.4, 0.5) is 4.79 Å². The highest BCUT2D eigenvalue weighted by Crippen LogP contribution is 2.13. The van der Waals surface area contributed by atoms with Gasteiger partial charge in [0.1, 0.15) is 12.5 Å². The number of amides is 2. The Morgan fingerprint density at radius 3 is 2.77 bits per heavy atom. The van der Waals surface area contributed by atoms with E-state index in [-0.39, 0.29) is 24.9 Å². The molecular formula is C15H19ClN2O4. The summed E-state index contributed by atoms with van der Waals surface area (Å²) < 4.78 is 5.25. The fraction of sp³-hybridized carbons (Fsp3) is 0.467. The van der Waals surface area contributed by atoms with Crippen LogP contribution in [0.25, 0.3) is 0 Å². The summed E-state index contributed by atoms with van der Waals surface area (Å²) in [6.07, 6.45) is -0.764. The van der Waals surface area contributed by atoms with Gasteiger partial charge in [0.25, 0.3) is 0 Å². The van der Waals surface area contributed by atoms with Crippen molar-refractivity contribution in [1.82, 2.24) is 10.2 Å². The van der Waals surface area contributed by atoms with E-state index in [2.05, 4.69) is 5.32 Å². The third-order valence-electron chi connectivity index (χ3n) is 3.51. The van der Waals surface area contributed by atoms with Gasteiger partial charge in [0.15, 0.2) is 0 Å². The number of nitrogens with one attached hydrogen (secondary N) is 1. The van der Waals surface area contributed by atoms with Crippen LogP contribution in [0.3, 0.4) is 0 Å². The number of carbonyl (C=O) groups excluding carboxylic acids is 2. The zero-order valence-electron chi connectivity index (χ0n) is 12.1. The van der Waals surface area contributed by atoms with Gasteiger partial charge in [0.05, 0.1) is 12.1 Å². The van der Waals surface area contributed by atoms with Gasteiger partial charge in [0.2, 0.25) is 5.91 Å². The first kappa shape index (κ1) is 16.6. The number of piperidine rings is 1. The van der Waals surface area contributed by atoms with E-state index in [1.165, 1.54) is 4.90 Å². The highest BCUT2D eigenvalue weighted by atomic mass is 35.5. The molecular weight excluding hydrogens is 308 g/mol. The number of aliphatic hydroxyl groups is 1. The molecule has 2 atom stereocenters. The van der Waals surface area contributed by atoms with Gasteiger partial charge in [-0.2, -0.15) is 0 Å². The second-order valence-corrected chi connectivity index (χ2v) is 5.42. The molecule has 0 radical (unpaired) electrons. The molecule has 7 heteroatoms. The maximum Gasteiger partial charge on any atom is 0.410 e. The number of ether oxygens (including phenoxy) is 1. The molecule has 2 amide bonds. The number of carbonyl (C=O) groups is 2. The number of rotatable bonds is 4. The van der Waals surface area contributed by atoms with E-state index in [0.717, 1.165) is 5.56 Å². The number of nitrogens with zero attached hydrogens (tertiary/aromatic N) is 1. The molecule has 1 saturated heterocycles. The molecule has 1 aliphatic heterocycles. The minimum Gasteiger partial charge on any atom is -0.445 e. The lowest BCUT2D eigenvalue weighted by Crippen LogP contribution is -2.56. The van der Waals surface area contributed by atoms with Crippen LogP contribution in [-0.4, -0.2) is 53.1 Å². The lowest BCUT2D eigenvalue weighted by atomic mass is 10.0. The Kier molecular flexibility index (Phi) is 6.03. The highest BCUT2D eigenvalue weighted by molar-refractivity contribution is 6.27. The van der Waals surface area contributed by atoms with E-state index >= 15 is 0 Å². The summed E-state index contributed by atoms with van der Waals surface area (Å²) in [4.78, 5) is 24.9. The van der Waals surface area contributed by atoms with Crippen LogP contribution in [0.15, 0.2) is 30.3 Å². The standard InChI is InChI=1S/C15H19ClN2O4/c16-8-14(20)17-12-9-18(7-6-13(12)19)15(21)22-10-11-4-2-1-3-5-11/h1-5,12-13,19H,6-10H2,(H,17,20). The van der Waals surface area contributed by atoms with Crippen molar-refractivity contribution in [2.45, 2.75) is 25.2 Å². The predicted molar refractivity (Wildman–Crippen MR) is 81.5 cm³/mol. The molecule has 0 aliphatic carbocycles. The molecule has 1 heterocycles. The molecule has 1 fully saturated rings. The van der Waals surface area contributed by atoms with Crippen LogP contribution in [0, 0.1) is 0 Å². The van der Waals surface area contributed by atoms with Crippen molar-refractivity contribution in [3.63, 3.8) is 0 Å². The van der Waals surface area contributed by atoms with Gasteiger partial charge in [-0.25, -0.2) is 4.79 Å². The Morgan fingerprint density at radius 2 is 2.09 bits per heavy atom. The number of halogens is 1. The Labute approximate surface area is 134 Å².